The Hall–Kier alpha value is -2.10. The molecule has 0 saturated carbocycles. The van der Waals surface area contributed by atoms with Crippen LogP contribution in [0.2, 0.25) is 0 Å². The van der Waals surface area contributed by atoms with E-state index in [0.29, 0.717) is 0 Å². The number of nitrogens with one attached hydrogen (secondary N) is 1. The first-order valence-corrected chi connectivity index (χ1v) is 8.71. The van der Waals surface area contributed by atoms with Gasteiger partial charge >= 0.3 is 0 Å². The zero-order valence-corrected chi connectivity index (χ0v) is 14.5. The molecule has 0 aliphatic heterocycles. The van der Waals surface area contributed by atoms with Gasteiger partial charge in [-0.05, 0) is 20.3 Å². The number of hydrogen-bond donors (Lipinski definition) is 1. The standard InChI is InChI=1S/C19H28N4/c1-4-7-11-14-20-18-15-17(16-12-9-8-10-13-16)21-19(22-18)23(5-2)6-3/h8-10,12-13,15H,4-7,11,14H2,1-3H3,(H,20,21,22). The molecule has 1 N–H and O–H groups in total. The first-order valence-electron chi connectivity index (χ1n) is 8.71. The molecule has 0 spiro atoms. The van der Waals surface area contributed by atoms with E-state index >= 15 is 0 Å². The molecule has 0 atom stereocenters. The highest BCUT2D eigenvalue weighted by atomic mass is 15.3. The molecular weight excluding hydrogens is 284 g/mol. The molecule has 0 fully saturated rings. The van der Waals surface area contributed by atoms with Crippen molar-refractivity contribution in [2.45, 2.75) is 40.0 Å². The van der Waals surface area contributed by atoms with Gasteiger partial charge in [-0.1, -0.05) is 50.1 Å². The van der Waals surface area contributed by atoms with E-state index in [2.05, 4.69) is 43.1 Å². The van der Waals surface area contributed by atoms with Gasteiger partial charge in [-0.15, -0.1) is 0 Å². The number of nitrogens with zero attached hydrogens (tertiary/aromatic N) is 3. The molecule has 4 nitrogen and oxygen atoms in total. The van der Waals surface area contributed by atoms with E-state index in [1.807, 2.05) is 24.3 Å². The Labute approximate surface area is 140 Å². The molecule has 0 aliphatic rings. The third-order valence-electron chi connectivity index (χ3n) is 3.92. The monoisotopic (exact) mass is 312 g/mol. The molecule has 2 aromatic rings. The molecule has 1 aromatic heterocycles. The number of hydrogen-bond acceptors (Lipinski definition) is 4. The smallest absolute Gasteiger partial charge is 0.227 e. The quantitative estimate of drug-likeness (QED) is 0.687. The average Bonchev–Trinajstić information content (AvgIpc) is 2.60. The Morgan fingerprint density at radius 1 is 0.957 bits per heavy atom. The van der Waals surface area contributed by atoms with E-state index in [1.165, 1.54) is 19.3 Å². The van der Waals surface area contributed by atoms with Crippen LogP contribution in [0.4, 0.5) is 11.8 Å². The van der Waals surface area contributed by atoms with Crippen LogP contribution >= 0.6 is 0 Å². The van der Waals surface area contributed by atoms with Gasteiger partial charge < -0.3 is 10.2 Å². The predicted molar refractivity (Wildman–Crippen MR) is 99.0 cm³/mol. The van der Waals surface area contributed by atoms with Gasteiger partial charge in [0, 0.05) is 31.3 Å². The first kappa shape index (κ1) is 17.3. The highest BCUT2D eigenvalue weighted by Crippen LogP contribution is 2.22. The van der Waals surface area contributed by atoms with Crippen LogP contribution in [0, 0.1) is 0 Å². The SMILES string of the molecule is CCCCCNc1cc(-c2ccccc2)nc(N(CC)CC)n1. The molecule has 0 bridgehead atoms. The maximum atomic E-state index is 4.76. The minimum atomic E-state index is 0.800. The van der Waals surface area contributed by atoms with Crippen LogP contribution < -0.4 is 10.2 Å². The van der Waals surface area contributed by atoms with Crippen LogP contribution in [-0.2, 0) is 0 Å². The van der Waals surface area contributed by atoms with Crippen LogP contribution in [0.25, 0.3) is 11.3 Å². The van der Waals surface area contributed by atoms with Gasteiger partial charge in [0.05, 0.1) is 5.69 Å². The Morgan fingerprint density at radius 2 is 1.70 bits per heavy atom. The summed E-state index contributed by atoms with van der Waals surface area (Å²) < 4.78 is 0. The highest BCUT2D eigenvalue weighted by molar-refractivity contribution is 5.64. The zero-order valence-electron chi connectivity index (χ0n) is 14.5. The van der Waals surface area contributed by atoms with E-state index in [-0.39, 0.29) is 0 Å². The summed E-state index contributed by atoms with van der Waals surface area (Å²) in [5.41, 5.74) is 2.10. The molecule has 1 aromatic carbocycles. The fourth-order valence-electron chi connectivity index (χ4n) is 2.52. The lowest BCUT2D eigenvalue weighted by molar-refractivity contribution is 0.741. The topological polar surface area (TPSA) is 41.1 Å². The number of anilines is 2. The lowest BCUT2D eigenvalue weighted by Crippen LogP contribution is -2.24. The van der Waals surface area contributed by atoms with Gasteiger partial charge in [0.2, 0.25) is 5.95 Å². The van der Waals surface area contributed by atoms with E-state index in [1.54, 1.807) is 0 Å². The fraction of sp³-hybridized carbons (Fsp3) is 0.474. The number of benzene rings is 1. The summed E-state index contributed by atoms with van der Waals surface area (Å²) >= 11 is 0. The van der Waals surface area contributed by atoms with Crippen LogP contribution in [0.5, 0.6) is 0 Å². The summed E-state index contributed by atoms with van der Waals surface area (Å²) in [6, 6.07) is 12.4. The van der Waals surface area contributed by atoms with E-state index in [0.717, 1.165) is 42.7 Å². The maximum Gasteiger partial charge on any atom is 0.227 e. The molecule has 0 radical (unpaired) electrons. The Morgan fingerprint density at radius 3 is 2.35 bits per heavy atom. The molecule has 2 rings (SSSR count). The maximum absolute atomic E-state index is 4.76. The second-order valence-electron chi connectivity index (χ2n) is 5.61. The lowest BCUT2D eigenvalue weighted by Gasteiger charge is -2.20. The summed E-state index contributed by atoms with van der Waals surface area (Å²) in [4.78, 5) is 11.7. The molecule has 0 aliphatic carbocycles. The van der Waals surface area contributed by atoms with Crippen LogP contribution in [0.3, 0.4) is 0 Å². The summed E-state index contributed by atoms with van der Waals surface area (Å²) in [6.07, 6.45) is 3.64. The Balaban J connectivity index is 2.28. The second-order valence-corrected chi connectivity index (χ2v) is 5.61. The molecule has 0 amide bonds. The summed E-state index contributed by atoms with van der Waals surface area (Å²) in [7, 11) is 0. The van der Waals surface area contributed by atoms with Crippen molar-refractivity contribution in [3.8, 4) is 11.3 Å². The van der Waals surface area contributed by atoms with Crippen molar-refractivity contribution in [1.82, 2.24) is 9.97 Å². The Bertz CT molecular complexity index is 579. The average molecular weight is 312 g/mol. The largest absolute Gasteiger partial charge is 0.370 e. The Kier molecular flexibility index (Phi) is 6.85. The second kappa shape index (κ2) is 9.13. The predicted octanol–water partition coefficient (Wildman–Crippen LogP) is 4.59. The van der Waals surface area contributed by atoms with Crippen molar-refractivity contribution >= 4 is 11.8 Å². The molecule has 4 heteroatoms. The van der Waals surface area contributed by atoms with Gasteiger partial charge in [-0.25, -0.2) is 4.98 Å². The van der Waals surface area contributed by atoms with Crippen molar-refractivity contribution in [2.75, 3.05) is 29.9 Å². The van der Waals surface area contributed by atoms with Crippen molar-refractivity contribution in [3.05, 3.63) is 36.4 Å². The van der Waals surface area contributed by atoms with Crippen molar-refractivity contribution in [3.63, 3.8) is 0 Å². The van der Waals surface area contributed by atoms with Crippen molar-refractivity contribution in [1.29, 1.82) is 0 Å². The normalized spacial score (nSPS) is 10.6. The molecule has 124 valence electrons. The summed E-state index contributed by atoms with van der Waals surface area (Å²) in [5, 5.41) is 3.46. The van der Waals surface area contributed by atoms with E-state index in [4.69, 9.17) is 9.97 Å². The van der Waals surface area contributed by atoms with E-state index in [9.17, 15) is 0 Å². The van der Waals surface area contributed by atoms with Gasteiger partial charge in [0.25, 0.3) is 0 Å². The van der Waals surface area contributed by atoms with Crippen molar-refractivity contribution in [2.24, 2.45) is 0 Å². The summed E-state index contributed by atoms with van der Waals surface area (Å²) in [6.45, 7) is 9.26. The van der Waals surface area contributed by atoms with Gasteiger partial charge in [0.15, 0.2) is 0 Å². The van der Waals surface area contributed by atoms with Gasteiger partial charge in [-0.3, -0.25) is 0 Å². The lowest BCUT2D eigenvalue weighted by atomic mass is 10.1. The van der Waals surface area contributed by atoms with Crippen molar-refractivity contribution < 1.29 is 0 Å². The van der Waals surface area contributed by atoms with E-state index < -0.39 is 0 Å². The molecule has 23 heavy (non-hydrogen) atoms. The third-order valence-corrected chi connectivity index (χ3v) is 3.92. The molecule has 1 heterocycles. The number of aromatic nitrogens is 2. The number of unbranched alkanes of at least 4 members (excludes halogenated alkanes) is 2. The fourth-order valence-corrected chi connectivity index (χ4v) is 2.52. The zero-order chi connectivity index (χ0) is 16.5. The van der Waals surface area contributed by atoms with Gasteiger partial charge in [0.1, 0.15) is 5.82 Å². The van der Waals surface area contributed by atoms with Crippen LogP contribution in [0.15, 0.2) is 36.4 Å². The molecule has 0 saturated heterocycles. The van der Waals surface area contributed by atoms with Crippen LogP contribution in [-0.4, -0.2) is 29.6 Å². The van der Waals surface area contributed by atoms with Gasteiger partial charge in [-0.2, -0.15) is 4.98 Å². The highest BCUT2D eigenvalue weighted by Gasteiger charge is 2.10. The minimum Gasteiger partial charge on any atom is -0.370 e. The molecular formula is C19H28N4. The molecule has 0 unspecified atom stereocenters. The first-order chi connectivity index (χ1) is 11.3. The minimum absolute atomic E-state index is 0.800. The van der Waals surface area contributed by atoms with Crippen LogP contribution in [0.1, 0.15) is 40.0 Å². The summed E-state index contributed by atoms with van der Waals surface area (Å²) in [5.74, 6) is 1.71. The number of rotatable bonds is 9. The third kappa shape index (κ3) is 4.95.